The van der Waals surface area contributed by atoms with Gasteiger partial charge in [0.05, 0.1) is 12.1 Å². The summed E-state index contributed by atoms with van der Waals surface area (Å²) in [6.07, 6.45) is 4.35. The Morgan fingerprint density at radius 3 is 2.50 bits per heavy atom. The lowest BCUT2D eigenvalue weighted by Gasteiger charge is -2.29. The van der Waals surface area contributed by atoms with E-state index < -0.39 is 11.6 Å². The molecule has 0 unspecified atom stereocenters. The molecule has 2 fully saturated rings. The summed E-state index contributed by atoms with van der Waals surface area (Å²) in [6.45, 7) is 5.85. The summed E-state index contributed by atoms with van der Waals surface area (Å²) in [5.41, 5.74) is 0.393. The second-order valence-electron chi connectivity index (χ2n) is 6.89. The number of nitrogens with zero attached hydrogens (tertiary/aromatic N) is 2. The Morgan fingerprint density at radius 2 is 1.83 bits per heavy atom. The van der Waals surface area contributed by atoms with Gasteiger partial charge in [-0.3, -0.25) is 9.69 Å². The minimum Gasteiger partial charge on any atom is -0.412 e. The molecule has 2 aliphatic rings. The molecule has 0 aliphatic carbocycles. The zero-order chi connectivity index (χ0) is 17.2. The summed E-state index contributed by atoms with van der Waals surface area (Å²) in [5.74, 6) is 0.367. The van der Waals surface area contributed by atoms with Crippen molar-refractivity contribution in [1.82, 2.24) is 9.80 Å². The molecule has 1 aromatic carbocycles. The van der Waals surface area contributed by atoms with Gasteiger partial charge in [-0.25, -0.2) is 4.79 Å². The number of carbonyl (C=O) groups excluding carboxylic acids is 2. The van der Waals surface area contributed by atoms with E-state index in [1.54, 1.807) is 4.90 Å². The molecule has 0 bridgehead atoms. The molecule has 0 aromatic heterocycles. The van der Waals surface area contributed by atoms with Gasteiger partial charge in [-0.1, -0.05) is 30.3 Å². The van der Waals surface area contributed by atoms with Crippen LogP contribution in [-0.2, 0) is 16.1 Å². The van der Waals surface area contributed by atoms with Gasteiger partial charge in [-0.2, -0.15) is 0 Å². The largest absolute Gasteiger partial charge is 0.416 e. The lowest BCUT2D eigenvalue weighted by molar-refractivity contribution is -0.127. The molecule has 0 N–H and O–H groups in total. The van der Waals surface area contributed by atoms with Crippen molar-refractivity contribution in [1.29, 1.82) is 0 Å². The van der Waals surface area contributed by atoms with Crippen LogP contribution in [0.2, 0.25) is 0 Å². The Balaban J connectivity index is 1.76. The highest BCUT2D eigenvalue weighted by atomic mass is 16.6. The van der Waals surface area contributed by atoms with E-state index in [1.807, 2.05) is 49.1 Å². The molecule has 0 spiro atoms. The van der Waals surface area contributed by atoms with Crippen molar-refractivity contribution < 1.29 is 14.3 Å². The molecular formula is C19H24N2O3. The monoisotopic (exact) mass is 328 g/mol. The van der Waals surface area contributed by atoms with E-state index in [0.717, 1.165) is 31.5 Å². The van der Waals surface area contributed by atoms with Gasteiger partial charge < -0.3 is 9.64 Å². The highest BCUT2D eigenvalue weighted by Gasteiger charge is 2.45. The molecule has 2 aliphatic heterocycles. The molecule has 0 radical (unpaired) electrons. The third kappa shape index (κ3) is 3.30. The predicted octanol–water partition coefficient (Wildman–Crippen LogP) is 3.31. The molecule has 5 nitrogen and oxygen atoms in total. The number of rotatable bonds is 3. The zero-order valence-electron chi connectivity index (χ0n) is 14.3. The van der Waals surface area contributed by atoms with E-state index in [0.29, 0.717) is 12.3 Å². The second kappa shape index (κ2) is 6.67. The van der Waals surface area contributed by atoms with Gasteiger partial charge in [-0.05, 0) is 38.7 Å². The lowest BCUT2D eigenvalue weighted by atomic mass is 9.99. The van der Waals surface area contributed by atoms with E-state index in [4.69, 9.17) is 4.74 Å². The van der Waals surface area contributed by atoms with Crippen LogP contribution in [0.1, 0.15) is 38.7 Å². The first-order chi connectivity index (χ1) is 11.5. The van der Waals surface area contributed by atoms with Gasteiger partial charge in [0.15, 0.2) is 0 Å². The Morgan fingerprint density at radius 1 is 1.17 bits per heavy atom. The van der Waals surface area contributed by atoms with Gasteiger partial charge in [0.2, 0.25) is 5.91 Å². The summed E-state index contributed by atoms with van der Waals surface area (Å²) >= 11 is 0. The van der Waals surface area contributed by atoms with Crippen molar-refractivity contribution in [3.8, 4) is 0 Å². The number of hydrogen-bond acceptors (Lipinski definition) is 3. The SMILES string of the molecule is CC1(C)/C(=C/C(=O)N2CCCCC2)OC(=O)N1Cc1ccccc1. The van der Waals surface area contributed by atoms with Crippen LogP contribution in [0.4, 0.5) is 4.79 Å². The zero-order valence-corrected chi connectivity index (χ0v) is 14.3. The summed E-state index contributed by atoms with van der Waals surface area (Å²) in [6, 6.07) is 9.79. The minimum absolute atomic E-state index is 0.0628. The quantitative estimate of drug-likeness (QED) is 0.800. The van der Waals surface area contributed by atoms with E-state index in [1.165, 1.54) is 12.5 Å². The number of benzene rings is 1. The van der Waals surface area contributed by atoms with Crippen LogP contribution in [-0.4, -0.2) is 40.4 Å². The Labute approximate surface area is 142 Å². The number of piperidine rings is 1. The first kappa shape index (κ1) is 16.6. The van der Waals surface area contributed by atoms with Crippen LogP contribution in [0.15, 0.2) is 42.2 Å². The highest BCUT2D eigenvalue weighted by molar-refractivity contribution is 5.89. The molecule has 1 aromatic rings. The molecule has 2 saturated heterocycles. The average molecular weight is 328 g/mol. The van der Waals surface area contributed by atoms with Crippen molar-refractivity contribution in [2.24, 2.45) is 0 Å². The van der Waals surface area contributed by atoms with Gasteiger partial charge in [0, 0.05) is 19.2 Å². The Hall–Kier alpha value is -2.30. The first-order valence-electron chi connectivity index (χ1n) is 8.53. The maximum atomic E-state index is 12.5. The van der Waals surface area contributed by atoms with Gasteiger partial charge >= 0.3 is 6.09 Å². The molecule has 3 rings (SSSR count). The summed E-state index contributed by atoms with van der Waals surface area (Å²) < 4.78 is 5.42. The Bertz CT molecular complexity index is 646. The molecule has 2 heterocycles. The van der Waals surface area contributed by atoms with Crippen molar-refractivity contribution in [3.05, 3.63) is 47.7 Å². The molecule has 5 heteroatoms. The molecule has 0 atom stereocenters. The fraction of sp³-hybridized carbons (Fsp3) is 0.474. The maximum Gasteiger partial charge on any atom is 0.416 e. The molecular weight excluding hydrogens is 304 g/mol. The van der Waals surface area contributed by atoms with Gasteiger partial charge in [0.25, 0.3) is 0 Å². The van der Waals surface area contributed by atoms with E-state index in [2.05, 4.69) is 0 Å². The number of amides is 2. The average Bonchev–Trinajstić information content (AvgIpc) is 2.80. The molecule has 2 amide bonds. The highest BCUT2D eigenvalue weighted by Crippen LogP contribution is 2.34. The summed E-state index contributed by atoms with van der Waals surface area (Å²) in [4.78, 5) is 28.3. The second-order valence-corrected chi connectivity index (χ2v) is 6.89. The number of hydrogen-bond donors (Lipinski definition) is 0. The molecule has 128 valence electrons. The minimum atomic E-state index is -0.641. The van der Waals surface area contributed by atoms with Crippen molar-refractivity contribution in [2.75, 3.05) is 13.1 Å². The first-order valence-corrected chi connectivity index (χ1v) is 8.53. The van der Waals surface area contributed by atoms with Crippen LogP contribution in [0.3, 0.4) is 0 Å². The van der Waals surface area contributed by atoms with Gasteiger partial charge in [-0.15, -0.1) is 0 Å². The molecule has 0 saturated carbocycles. The summed E-state index contributed by atoms with van der Waals surface area (Å²) in [5, 5.41) is 0. The summed E-state index contributed by atoms with van der Waals surface area (Å²) in [7, 11) is 0. The van der Waals surface area contributed by atoms with E-state index >= 15 is 0 Å². The fourth-order valence-electron chi connectivity index (χ4n) is 3.19. The van der Waals surface area contributed by atoms with E-state index in [-0.39, 0.29) is 5.91 Å². The number of likely N-dealkylation sites (tertiary alicyclic amines) is 1. The van der Waals surface area contributed by atoms with Crippen molar-refractivity contribution >= 4 is 12.0 Å². The van der Waals surface area contributed by atoms with E-state index in [9.17, 15) is 9.59 Å². The third-order valence-corrected chi connectivity index (χ3v) is 4.80. The van der Waals surface area contributed by atoms with Crippen LogP contribution in [0.25, 0.3) is 0 Å². The van der Waals surface area contributed by atoms with Crippen LogP contribution < -0.4 is 0 Å². The van der Waals surface area contributed by atoms with Crippen molar-refractivity contribution in [2.45, 2.75) is 45.2 Å². The molecule has 24 heavy (non-hydrogen) atoms. The Kier molecular flexibility index (Phi) is 4.60. The maximum absolute atomic E-state index is 12.5. The van der Waals surface area contributed by atoms with Gasteiger partial charge in [0.1, 0.15) is 5.76 Å². The topological polar surface area (TPSA) is 49.9 Å². The van der Waals surface area contributed by atoms with Crippen molar-refractivity contribution in [3.63, 3.8) is 0 Å². The number of cyclic esters (lactones) is 1. The van der Waals surface area contributed by atoms with Crippen LogP contribution in [0.5, 0.6) is 0 Å². The fourth-order valence-corrected chi connectivity index (χ4v) is 3.19. The third-order valence-electron chi connectivity index (χ3n) is 4.80. The number of ether oxygens (including phenoxy) is 1. The smallest absolute Gasteiger partial charge is 0.412 e. The standard InChI is InChI=1S/C19H24N2O3/c1-19(2)16(13-17(22)20-11-7-4-8-12-20)24-18(23)21(19)14-15-9-5-3-6-10-15/h3,5-6,9-10,13H,4,7-8,11-12,14H2,1-2H3/b16-13-. The lowest BCUT2D eigenvalue weighted by Crippen LogP contribution is -2.41. The number of carbonyl (C=O) groups is 2. The predicted molar refractivity (Wildman–Crippen MR) is 91.1 cm³/mol. The normalized spacial score (nSPS) is 21.9. The van der Waals surface area contributed by atoms with Crippen LogP contribution >= 0.6 is 0 Å². The van der Waals surface area contributed by atoms with Crippen LogP contribution in [0, 0.1) is 0 Å².